The fourth-order valence-corrected chi connectivity index (χ4v) is 4.96. The second kappa shape index (κ2) is 9.05. The number of phenolic OH excluding ortho intramolecular Hbond substituents is 1. The largest absolute Gasteiger partial charge is 0.504 e. The van der Waals surface area contributed by atoms with Crippen LogP contribution in [0.1, 0.15) is 30.0 Å². The van der Waals surface area contributed by atoms with Gasteiger partial charge in [0.1, 0.15) is 18.0 Å². The van der Waals surface area contributed by atoms with Crippen LogP contribution in [0.3, 0.4) is 0 Å². The molecule has 2 aliphatic rings. The van der Waals surface area contributed by atoms with Crippen LogP contribution in [0.25, 0.3) is 0 Å². The van der Waals surface area contributed by atoms with Crippen LogP contribution < -0.4 is 24.3 Å². The van der Waals surface area contributed by atoms with E-state index < -0.39 is 10.9 Å². The van der Waals surface area contributed by atoms with E-state index in [4.69, 9.17) is 18.9 Å². The molecular formula is C24H27NO7S. The van der Waals surface area contributed by atoms with Crippen LogP contribution in [-0.2, 0) is 17.6 Å². The minimum absolute atomic E-state index is 0.0643. The minimum Gasteiger partial charge on any atom is -0.504 e. The Labute approximate surface area is 196 Å². The lowest BCUT2D eigenvalue weighted by molar-refractivity contribution is -0.118. The van der Waals surface area contributed by atoms with Gasteiger partial charge < -0.3 is 24.1 Å². The van der Waals surface area contributed by atoms with Gasteiger partial charge in [0.25, 0.3) is 5.24 Å². The average molecular weight is 474 g/mol. The fraction of sp³-hybridized carbons (Fsp3) is 0.417. The summed E-state index contributed by atoms with van der Waals surface area (Å²) < 4.78 is 23.2. The van der Waals surface area contributed by atoms with Gasteiger partial charge in [0.05, 0.1) is 19.5 Å². The SMILES string of the molecule is COc1c(O)c(C)c2c(c1OC)OC(C)(COc1ccc(CC3SC(=O)NC3=O)cc1)CC2. The van der Waals surface area contributed by atoms with Gasteiger partial charge >= 0.3 is 0 Å². The number of imide groups is 1. The number of nitrogens with one attached hydrogen (secondary N) is 1. The van der Waals surface area contributed by atoms with Crippen LogP contribution in [0.4, 0.5) is 4.79 Å². The zero-order chi connectivity index (χ0) is 23.8. The van der Waals surface area contributed by atoms with E-state index in [1.165, 1.54) is 14.2 Å². The van der Waals surface area contributed by atoms with E-state index in [-0.39, 0.29) is 22.6 Å². The van der Waals surface area contributed by atoms with Crippen LogP contribution in [0.5, 0.6) is 28.7 Å². The third-order valence-electron chi connectivity index (χ3n) is 6.03. The van der Waals surface area contributed by atoms with Crippen molar-refractivity contribution >= 4 is 22.9 Å². The maximum atomic E-state index is 11.8. The number of fused-ring (bicyclic) bond motifs is 1. The Kier molecular flexibility index (Phi) is 6.34. The Morgan fingerprint density at radius 1 is 1.18 bits per heavy atom. The van der Waals surface area contributed by atoms with Crippen molar-refractivity contribution in [3.63, 3.8) is 0 Å². The average Bonchev–Trinajstić information content (AvgIpc) is 3.11. The summed E-state index contributed by atoms with van der Waals surface area (Å²) in [6.45, 7) is 4.13. The van der Waals surface area contributed by atoms with Gasteiger partial charge in [0.2, 0.25) is 17.4 Å². The number of phenols is 1. The molecular weight excluding hydrogens is 446 g/mol. The predicted molar refractivity (Wildman–Crippen MR) is 124 cm³/mol. The van der Waals surface area contributed by atoms with Crippen molar-refractivity contribution in [1.29, 1.82) is 0 Å². The van der Waals surface area contributed by atoms with Gasteiger partial charge in [-0.05, 0) is 50.8 Å². The topological polar surface area (TPSA) is 103 Å². The number of rotatable bonds is 7. The van der Waals surface area contributed by atoms with Crippen molar-refractivity contribution in [1.82, 2.24) is 5.32 Å². The number of carbonyl (C=O) groups excluding carboxylic acids is 2. The number of hydrogen-bond donors (Lipinski definition) is 2. The molecule has 2 aromatic carbocycles. The fourth-order valence-electron chi connectivity index (χ4n) is 4.10. The first kappa shape index (κ1) is 23.1. The summed E-state index contributed by atoms with van der Waals surface area (Å²) in [5, 5.41) is 12.1. The lowest BCUT2D eigenvalue weighted by Crippen LogP contribution is -2.42. The number of hydrogen-bond acceptors (Lipinski definition) is 8. The molecule has 0 saturated carbocycles. The second-order valence-corrected chi connectivity index (χ2v) is 9.60. The summed E-state index contributed by atoms with van der Waals surface area (Å²) in [4.78, 5) is 23.1. The molecule has 2 heterocycles. The lowest BCUT2D eigenvalue weighted by atomic mass is 9.90. The van der Waals surface area contributed by atoms with Crippen LogP contribution in [0, 0.1) is 6.92 Å². The number of thioether (sulfide) groups is 1. The highest BCUT2D eigenvalue weighted by atomic mass is 32.2. The third-order valence-corrected chi connectivity index (χ3v) is 7.01. The Bertz CT molecular complexity index is 1090. The Morgan fingerprint density at radius 2 is 1.88 bits per heavy atom. The third kappa shape index (κ3) is 4.55. The summed E-state index contributed by atoms with van der Waals surface area (Å²) in [5.41, 5.74) is 1.97. The first-order chi connectivity index (χ1) is 15.7. The van der Waals surface area contributed by atoms with E-state index >= 15 is 0 Å². The van der Waals surface area contributed by atoms with Crippen molar-refractivity contribution in [3.05, 3.63) is 41.0 Å². The van der Waals surface area contributed by atoms with E-state index in [1.807, 2.05) is 38.1 Å². The highest BCUT2D eigenvalue weighted by Gasteiger charge is 2.38. The first-order valence-electron chi connectivity index (χ1n) is 10.6. The maximum absolute atomic E-state index is 11.8. The molecule has 2 unspecified atom stereocenters. The van der Waals surface area contributed by atoms with Crippen molar-refractivity contribution in [2.45, 2.75) is 44.0 Å². The zero-order valence-electron chi connectivity index (χ0n) is 19.0. The van der Waals surface area contributed by atoms with Crippen molar-refractivity contribution in [2.75, 3.05) is 20.8 Å². The van der Waals surface area contributed by atoms with E-state index in [0.29, 0.717) is 43.1 Å². The minimum atomic E-state index is -0.605. The zero-order valence-corrected chi connectivity index (χ0v) is 19.8. The molecule has 2 amide bonds. The quantitative estimate of drug-likeness (QED) is 0.626. The summed E-state index contributed by atoms with van der Waals surface area (Å²) in [7, 11) is 3.00. The highest BCUT2D eigenvalue weighted by molar-refractivity contribution is 8.15. The van der Waals surface area contributed by atoms with Gasteiger partial charge in [0, 0.05) is 11.1 Å². The highest BCUT2D eigenvalue weighted by Crippen LogP contribution is 2.52. The molecule has 4 rings (SSSR count). The number of benzene rings is 2. The van der Waals surface area contributed by atoms with Crippen LogP contribution >= 0.6 is 11.8 Å². The number of amides is 2. The second-order valence-electron chi connectivity index (χ2n) is 8.42. The number of methoxy groups -OCH3 is 2. The Hall–Kier alpha value is -3.07. The van der Waals surface area contributed by atoms with Gasteiger partial charge in [-0.2, -0.15) is 0 Å². The standard InChI is InChI=1S/C24H27NO7S/c1-13-16-9-10-24(2,32-19(16)21(30-4)20(29-3)18(13)26)12-31-15-7-5-14(6-8-15)11-17-22(27)25-23(28)33-17/h5-8,17,26H,9-12H2,1-4H3,(H,25,27,28). The number of aromatic hydroxyl groups is 1. The molecule has 0 bridgehead atoms. The van der Waals surface area contributed by atoms with Crippen molar-refractivity contribution in [2.24, 2.45) is 0 Å². The molecule has 0 aliphatic carbocycles. The van der Waals surface area contributed by atoms with Gasteiger partial charge in [-0.15, -0.1) is 0 Å². The van der Waals surface area contributed by atoms with Crippen LogP contribution in [0.15, 0.2) is 24.3 Å². The summed E-state index contributed by atoms with van der Waals surface area (Å²) in [6, 6.07) is 7.48. The molecule has 176 valence electrons. The van der Waals surface area contributed by atoms with Crippen LogP contribution in [-0.4, -0.2) is 47.9 Å². The molecule has 2 aliphatic heterocycles. The maximum Gasteiger partial charge on any atom is 0.286 e. The van der Waals surface area contributed by atoms with Gasteiger partial charge in [0.15, 0.2) is 11.5 Å². The number of ether oxygens (including phenoxy) is 4. The normalized spacial score (nSPS) is 21.8. The smallest absolute Gasteiger partial charge is 0.286 e. The molecule has 1 saturated heterocycles. The molecule has 9 heteroatoms. The van der Waals surface area contributed by atoms with E-state index in [2.05, 4.69) is 5.32 Å². The lowest BCUT2D eigenvalue weighted by Gasteiger charge is -2.37. The molecule has 8 nitrogen and oxygen atoms in total. The van der Waals surface area contributed by atoms with Gasteiger partial charge in [-0.3, -0.25) is 14.9 Å². The molecule has 0 aromatic heterocycles. The van der Waals surface area contributed by atoms with E-state index in [0.717, 1.165) is 28.5 Å². The van der Waals surface area contributed by atoms with Gasteiger partial charge in [-0.25, -0.2) is 0 Å². The molecule has 1 fully saturated rings. The molecule has 0 radical (unpaired) electrons. The summed E-state index contributed by atoms with van der Waals surface area (Å²) in [5.74, 6) is 1.70. The molecule has 2 N–H and O–H groups in total. The van der Waals surface area contributed by atoms with Crippen LogP contribution in [0.2, 0.25) is 0 Å². The van der Waals surface area contributed by atoms with E-state index in [1.54, 1.807) is 0 Å². The number of carbonyl (C=O) groups is 2. The molecule has 0 spiro atoms. The molecule has 33 heavy (non-hydrogen) atoms. The Balaban J connectivity index is 1.44. The summed E-state index contributed by atoms with van der Waals surface area (Å²) in [6.07, 6.45) is 1.89. The summed E-state index contributed by atoms with van der Waals surface area (Å²) >= 11 is 1.02. The van der Waals surface area contributed by atoms with E-state index in [9.17, 15) is 14.7 Å². The predicted octanol–water partition coefficient (Wildman–Crippen LogP) is 3.77. The first-order valence-corrected chi connectivity index (χ1v) is 11.5. The van der Waals surface area contributed by atoms with Crippen molar-refractivity contribution < 1.29 is 33.6 Å². The van der Waals surface area contributed by atoms with Gasteiger partial charge in [-0.1, -0.05) is 23.9 Å². The molecule has 2 atom stereocenters. The Morgan fingerprint density at radius 3 is 2.48 bits per heavy atom. The molecule has 2 aromatic rings. The van der Waals surface area contributed by atoms with Crippen molar-refractivity contribution in [3.8, 4) is 28.7 Å². The monoisotopic (exact) mass is 473 g/mol.